The van der Waals surface area contributed by atoms with Gasteiger partial charge in [-0.15, -0.1) is 0 Å². The molecule has 0 aliphatic heterocycles. The summed E-state index contributed by atoms with van der Waals surface area (Å²) in [5.74, 6) is 0.610. The number of H-pyrrole nitrogens is 1. The van der Waals surface area contributed by atoms with Crippen LogP contribution in [0.2, 0.25) is 0 Å². The molecule has 5 nitrogen and oxygen atoms in total. The van der Waals surface area contributed by atoms with Crippen molar-refractivity contribution in [2.75, 3.05) is 0 Å². The highest BCUT2D eigenvalue weighted by Gasteiger charge is 2.05. The lowest BCUT2D eigenvalue weighted by atomic mass is 10.1. The lowest BCUT2D eigenvalue weighted by molar-refractivity contribution is 0.476. The van der Waals surface area contributed by atoms with Gasteiger partial charge in [-0.2, -0.15) is 5.26 Å². The predicted octanol–water partition coefficient (Wildman–Crippen LogP) is 2.17. The number of fused-ring (bicyclic) bond motifs is 1. The third kappa shape index (κ3) is 1.99. The summed E-state index contributed by atoms with van der Waals surface area (Å²) in [6.07, 6.45) is 1.26. The Morgan fingerprint density at radius 2 is 1.90 bits per heavy atom. The van der Waals surface area contributed by atoms with Crippen LogP contribution in [0.15, 0.2) is 47.4 Å². The molecule has 0 bridgehead atoms. The van der Waals surface area contributed by atoms with Crippen LogP contribution in [0.25, 0.3) is 22.2 Å². The normalized spacial score (nSPS) is 10.3. The summed E-state index contributed by atoms with van der Waals surface area (Å²) >= 11 is 0. The number of nitrogens with zero attached hydrogens (tertiary/aromatic N) is 2. The maximum atomic E-state index is 11.6. The smallest absolute Gasteiger partial charge is 0.269 e. The highest BCUT2D eigenvalue weighted by Crippen LogP contribution is 2.24. The van der Waals surface area contributed by atoms with E-state index in [0.717, 1.165) is 16.3 Å². The predicted molar refractivity (Wildman–Crippen MR) is 74.2 cm³/mol. The van der Waals surface area contributed by atoms with E-state index < -0.39 is 5.56 Å². The summed E-state index contributed by atoms with van der Waals surface area (Å²) in [4.78, 5) is 18.3. The molecule has 2 aromatic carbocycles. The van der Waals surface area contributed by atoms with Gasteiger partial charge in [-0.1, -0.05) is 18.2 Å². The number of hydrogen-bond donors (Lipinski definition) is 2. The van der Waals surface area contributed by atoms with E-state index in [1.54, 1.807) is 30.3 Å². The van der Waals surface area contributed by atoms with Crippen molar-refractivity contribution in [3.8, 4) is 23.2 Å². The highest BCUT2D eigenvalue weighted by molar-refractivity contribution is 5.87. The van der Waals surface area contributed by atoms with E-state index in [1.807, 2.05) is 12.1 Å². The lowest BCUT2D eigenvalue weighted by Gasteiger charge is -2.04. The second-order valence-electron chi connectivity index (χ2n) is 4.33. The van der Waals surface area contributed by atoms with E-state index in [4.69, 9.17) is 5.26 Å². The number of nitriles is 1. The Balaban J connectivity index is 2.15. The molecule has 5 heteroatoms. The largest absolute Gasteiger partial charge is 0.508 e. The second kappa shape index (κ2) is 4.52. The molecule has 0 unspecified atom stereocenters. The molecule has 1 heterocycles. The van der Waals surface area contributed by atoms with Crippen molar-refractivity contribution < 1.29 is 5.11 Å². The van der Waals surface area contributed by atoms with Gasteiger partial charge in [0, 0.05) is 5.56 Å². The lowest BCUT2D eigenvalue weighted by Crippen LogP contribution is -2.11. The standard InChI is InChI=1S/C15H9N3O2/c16-7-12-8-17-14(18-15(12)20)11-2-1-10-6-13(19)4-3-9(10)5-11/h1-6,8,19H,(H,17,18,20). The molecular weight excluding hydrogens is 254 g/mol. The molecule has 0 fully saturated rings. The van der Waals surface area contributed by atoms with Gasteiger partial charge in [-0.3, -0.25) is 4.79 Å². The molecule has 0 aliphatic rings. The van der Waals surface area contributed by atoms with Crippen molar-refractivity contribution in [3.63, 3.8) is 0 Å². The van der Waals surface area contributed by atoms with E-state index >= 15 is 0 Å². The van der Waals surface area contributed by atoms with Crippen LogP contribution in [-0.4, -0.2) is 15.1 Å². The van der Waals surface area contributed by atoms with Gasteiger partial charge >= 0.3 is 0 Å². The minimum atomic E-state index is -0.455. The van der Waals surface area contributed by atoms with Crippen molar-refractivity contribution in [1.82, 2.24) is 9.97 Å². The Kier molecular flexibility index (Phi) is 2.70. The number of aromatic hydroxyl groups is 1. The number of nitrogens with one attached hydrogen (secondary N) is 1. The molecule has 0 amide bonds. The molecule has 0 aliphatic carbocycles. The minimum Gasteiger partial charge on any atom is -0.508 e. The molecular formula is C15H9N3O2. The maximum Gasteiger partial charge on any atom is 0.269 e. The number of benzene rings is 2. The van der Waals surface area contributed by atoms with Crippen LogP contribution < -0.4 is 5.56 Å². The molecule has 20 heavy (non-hydrogen) atoms. The van der Waals surface area contributed by atoms with Gasteiger partial charge in [0.1, 0.15) is 23.2 Å². The Morgan fingerprint density at radius 3 is 2.65 bits per heavy atom. The van der Waals surface area contributed by atoms with Crippen LogP contribution in [0, 0.1) is 11.3 Å². The third-order valence-electron chi connectivity index (χ3n) is 3.02. The van der Waals surface area contributed by atoms with E-state index in [1.165, 1.54) is 6.20 Å². The monoisotopic (exact) mass is 263 g/mol. The highest BCUT2D eigenvalue weighted by atomic mass is 16.3. The van der Waals surface area contributed by atoms with Crippen molar-refractivity contribution in [3.05, 3.63) is 58.5 Å². The molecule has 0 saturated carbocycles. The molecule has 3 aromatic rings. The minimum absolute atomic E-state index is 0.0144. The molecule has 2 N–H and O–H groups in total. The summed E-state index contributed by atoms with van der Waals surface area (Å²) in [6, 6.07) is 12.3. The summed E-state index contributed by atoms with van der Waals surface area (Å²) in [7, 11) is 0. The molecule has 0 atom stereocenters. The fraction of sp³-hybridized carbons (Fsp3) is 0. The van der Waals surface area contributed by atoms with Crippen molar-refractivity contribution in [2.45, 2.75) is 0 Å². The summed E-state index contributed by atoms with van der Waals surface area (Å²) in [5, 5.41) is 20.0. The summed E-state index contributed by atoms with van der Waals surface area (Å²) in [6.45, 7) is 0. The van der Waals surface area contributed by atoms with E-state index in [9.17, 15) is 9.90 Å². The first-order valence-corrected chi connectivity index (χ1v) is 5.90. The van der Waals surface area contributed by atoms with Gasteiger partial charge in [0.05, 0.1) is 6.20 Å². The Hall–Kier alpha value is -3.13. The zero-order valence-corrected chi connectivity index (χ0v) is 10.3. The summed E-state index contributed by atoms with van der Waals surface area (Å²) in [5.41, 5.74) is 0.271. The molecule has 1 aromatic heterocycles. The van der Waals surface area contributed by atoms with Gasteiger partial charge in [-0.05, 0) is 29.0 Å². The van der Waals surface area contributed by atoms with Crippen molar-refractivity contribution >= 4 is 10.8 Å². The molecule has 0 radical (unpaired) electrons. The van der Waals surface area contributed by atoms with E-state index in [-0.39, 0.29) is 11.3 Å². The summed E-state index contributed by atoms with van der Waals surface area (Å²) < 4.78 is 0. The van der Waals surface area contributed by atoms with Crippen molar-refractivity contribution in [2.24, 2.45) is 0 Å². The van der Waals surface area contributed by atoms with Gasteiger partial charge in [-0.25, -0.2) is 4.98 Å². The van der Waals surface area contributed by atoms with Crippen LogP contribution in [0.3, 0.4) is 0 Å². The van der Waals surface area contributed by atoms with Crippen LogP contribution >= 0.6 is 0 Å². The van der Waals surface area contributed by atoms with Gasteiger partial charge < -0.3 is 10.1 Å². The van der Waals surface area contributed by atoms with Crippen molar-refractivity contribution in [1.29, 1.82) is 5.26 Å². The van der Waals surface area contributed by atoms with Crippen LogP contribution in [0.4, 0.5) is 0 Å². The first kappa shape index (κ1) is 11.9. The Morgan fingerprint density at radius 1 is 1.15 bits per heavy atom. The zero-order valence-electron chi connectivity index (χ0n) is 10.3. The topological polar surface area (TPSA) is 89.8 Å². The maximum absolute atomic E-state index is 11.6. The molecule has 96 valence electrons. The Labute approximate surface area is 113 Å². The average Bonchev–Trinajstić information content (AvgIpc) is 2.46. The zero-order chi connectivity index (χ0) is 14.1. The number of aromatic amines is 1. The molecule has 0 spiro atoms. The average molecular weight is 263 g/mol. The van der Waals surface area contributed by atoms with E-state index in [0.29, 0.717) is 5.82 Å². The van der Waals surface area contributed by atoms with Gasteiger partial charge in [0.15, 0.2) is 0 Å². The number of hydrogen-bond acceptors (Lipinski definition) is 4. The quantitative estimate of drug-likeness (QED) is 0.704. The number of rotatable bonds is 1. The SMILES string of the molecule is N#Cc1cnc(-c2ccc3cc(O)ccc3c2)[nH]c1=O. The Bertz CT molecular complexity index is 907. The van der Waals surface area contributed by atoms with Crippen LogP contribution in [0.1, 0.15) is 5.56 Å². The number of aromatic nitrogens is 2. The number of phenolic OH excluding ortho intramolecular Hbond substituents is 1. The first-order chi connectivity index (χ1) is 9.67. The van der Waals surface area contributed by atoms with Crippen LogP contribution in [0.5, 0.6) is 5.75 Å². The fourth-order valence-corrected chi connectivity index (χ4v) is 2.00. The first-order valence-electron chi connectivity index (χ1n) is 5.90. The third-order valence-corrected chi connectivity index (χ3v) is 3.02. The van der Waals surface area contributed by atoms with Gasteiger partial charge in [0.2, 0.25) is 0 Å². The van der Waals surface area contributed by atoms with Crippen LogP contribution in [-0.2, 0) is 0 Å². The van der Waals surface area contributed by atoms with E-state index in [2.05, 4.69) is 9.97 Å². The fourth-order valence-electron chi connectivity index (χ4n) is 2.00. The molecule has 0 saturated heterocycles. The molecule has 3 rings (SSSR count). The second-order valence-corrected chi connectivity index (χ2v) is 4.33. The van der Waals surface area contributed by atoms with Gasteiger partial charge in [0.25, 0.3) is 5.56 Å². The number of phenols is 1.